The van der Waals surface area contributed by atoms with Gasteiger partial charge < -0.3 is 10.2 Å². The molecule has 2 heterocycles. The van der Waals surface area contributed by atoms with Crippen LogP contribution in [0, 0.1) is 6.92 Å². The third kappa shape index (κ3) is 1.91. The zero-order valence-corrected chi connectivity index (χ0v) is 10.4. The van der Waals surface area contributed by atoms with Gasteiger partial charge in [0, 0.05) is 35.0 Å². The molecule has 0 bridgehead atoms. The quantitative estimate of drug-likeness (QED) is 0.712. The molecule has 2 aromatic heterocycles. The van der Waals surface area contributed by atoms with Gasteiger partial charge in [-0.1, -0.05) is 6.07 Å². The van der Waals surface area contributed by atoms with Crippen LogP contribution in [-0.4, -0.2) is 15.2 Å². The number of nitrogens with two attached hydrogens (primary N) is 1. The standard InChI is InChI=1S/C12H10N4OS/c1-7-15-16-12(17-7)18-10-3-2-8-6-14-5-4-9(8)11(10)13/h2-6H,13H2,1H3. The maximum atomic E-state index is 6.14. The molecule has 2 N–H and O–H groups in total. The zero-order valence-electron chi connectivity index (χ0n) is 9.62. The minimum atomic E-state index is 0.493. The Morgan fingerprint density at radius 3 is 2.89 bits per heavy atom. The van der Waals surface area contributed by atoms with E-state index in [1.807, 2.05) is 18.2 Å². The summed E-state index contributed by atoms with van der Waals surface area (Å²) in [6, 6.07) is 5.81. The summed E-state index contributed by atoms with van der Waals surface area (Å²) in [4.78, 5) is 4.97. The molecule has 0 atom stereocenters. The second-order valence-corrected chi connectivity index (χ2v) is 4.76. The van der Waals surface area contributed by atoms with E-state index in [4.69, 9.17) is 10.2 Å². The van der Waals surface area contributed by atoms with Gasteiger partial charge in [-0.3, -0.25) is 4.98 Å². The Balaban J connectivity index is 2.04. The van der Waals surface area contributed by atoms with E-state index in [0.717, 1.165) is 15.7 Å². The Kier molecular flexibility index (Phi) is 2.64. The molecule has 3 aromatic rings. The van der Waals surface area contributed by atoms with E-state index >= 15 is 0 Å². The first-order valence-electron chi connectivity index (χ1n) is 5.34. The molecule has 0 aliphatic carbocycles. The second-order valence-electron chi connectivity index (χ2n) is 3.76. The van der Waals surface area contributed by atoms with E-state index in [9.17, 15) is 0 Å². The van der Waals surface area contributed by atoms with Crippen molar-refractivity contribution in [2.45, 2.75) is 17.0 Å². The number of fused-ring (bicyclic) bond motifs is 1. The van der Waals surface area contributed by atoms with Crippen molar-refractivity contribution in [3.05, 3.63) is 36.5 Å². The molecule has 0 saturated heterocycles. The Bertz CT molecular complexity index is 710. The minimum absolute atomic E-state index is 0.493. The van der Waals surface area contributed by atoms with Crippen molar-refractivity contribution in [1.29, 1.82) is 0 Å². The first-order chi connectivity index (χ1) is 8.74. The third-order valence-corrected chi connectivity index (χ3v) is 3.44. The summed E-state index contributed by atoms with van der Waals surface area (Å²) < 4.78 is 5.33. The molecule has 18 heavy (non-hydrogen) atoms. The molecule has 0 spiro atoms. The van der Waals surface area contributed by atoms with E-state index in [0.29, 0.717) is 16.8 Å². The van der Waals surface area contributed by atoms with Crippen LogP contribution in [0.5, 0.6) is 0 Å². The van der Waals surface area contributed by atoms with E-state index in [-0.39, 0.29) is 0 Å². The number of aryl methyl sites for hydroxylation is 1. The van der Waals surface area contributed by atoms with Crippen LogP contribution in [0.2, 0.25) is 0 Å². The van der Waals surface area contributed by atoms with Crippen LogP contribution in [0.3, 0.4) is 0 Å². The van der Waals surface area contributed by atoms with Crippen LogP contribution in [0.25, 0.3) is 10.8 Å². The number of nitrogens with zero attached hydrogens (tertiary/aromatic N) is 3. The van der Waals surface area contributed by atoms with Crippen LogP contribution < -0.4 is 5.73 Å². The molecule has 6 heteroatoms. The van der Waals surface area contributed by atoms with E-state index in [1.165, 1.54) is 11.8 Å². The fraction of sp³-hybridized carbons (Fsp3) is 0.0833. The Labute approximate surface area is 107 Å². The van der Waals surface area contributed by atoms with Gasteiger partial charge in [0.25, 0.3) is 5.22 Å². The first-order valence-corrected chi connectivity index (χ1v) is 6.16. The van der Waals surface area contributed by atoms with Gasteiger partial charge in [0.2, 0.25) is 5.89 Å². The minimum Gasteiger partial charge on any atom is -0.416 e. The predicted molar refractivity (Wildman–Crippen MR) is 69.3 cm³/mol. The largest absolute Gasteiger partial charge is 0.416 e. The molecule has 0 fully saturated rings. The van der Waals surface area contributed by atoms with Gasteiger partial charge in [-0.05, 0) is 23.9 Å². The normalized spacial score (nSPS) is 10.9. The van der Waals surface area contributed by atoms with Crippen LogP contribution in [0.1, 0.15) is 5.89 Å². The molecule has 0 radical (unpaired) electrons. The summed E-state index contributed by atoms with van der Waals surface area (Å²) in [6.45, 7) is 1.76. The molecular formula is C12H10N4OS. The summed E-state index contributed by atoms with van der Waals surface area (Å²) in [5.74, 6) is 0.543. The lowest BCUT2D eigenvalue weighted by Gasteiger charge is -2.06. The Morgan fingerprint density at radius 1 is 1.22 bits per heavy atom. The molecule has 0 amide bonds. The molecule has 3 rings (SSSR count). The topological polar surface area (TPSA) is 77.8 Å². The zero-order chi connectivity index (χ0) is 12.5. The number of aromatic nitrogens is 3. The van der Waals surface area contributed by atoms with Crippen molar-refractivity contribution in [3.8, 4) is 0 Å². The number of hydrogen-bond donors (Lipinski definition) is 1. The lowest BCUT2D eigenvalue weighted by Crippen LogP contribution is -1.91. The van der Waals surface area contributed by atoms with Gasteiger partial charge in [0.1, 0.15) is 0 Å². The van der Waals surface area contributed by atoms with Crippen molar-refractivity contribution in [1.82, 2.24) is 15.2 Å². The average molecular weight is 258 g/mol. The monoisotopic (exact) mass is 258 g/mol. The highest BCUT2D eigenvalue weighted by Crippen LogP contribution is 2.35. The number of benzene rings is 1. The van der Waals surface area contributed by atoms with Crippen molar-refractivity contribution in [2.24, 2.45) is 0 Å². The number of hydrogen-bond acceptors (Lipinski definition) is 6. The van der Waals surface area contributed by atoms with E-state index in [1.54, 1.807) is 19.3 Å². The lowest BCUT2D eigenvalue weighted by atomic mass is 10.1. The highest BCUT2D eigenvalue weighted by atomic mass is 32.2. The second kappa shape index (κ2) is 4.30. The average Bonchev–Trinajstić information content (AvgIpc) is 2.79. The van der Waals surface area contributed by atoms with Gasteiger partial charge in [-0.15, -0.1) is 10.2 Å². The van der Waals surface area contributed by atoms with Gasteiger partial charge in [-0.2, -0.15) is 0 Å². The van der Waals surface area contributed by atoms with Crippen molar-refractivity contribution in [2.75, 3.05) is 5.73 Å². The van der Waals surface area contributed by atoms with Crippen LogP contribution in [0.15, 0.2) is 45.1 Å². The third-order valence-electron chi connectivity index (χ3n) is 2.53. The molecule has 0 aliphatic heterocycles. The van der Waals surface area contributed by atoms with E-state index < -0.39 is 0 Å². The highest BCUT2D eigenvalue weighted by Gasteiger charge is 2.10. The summed E-state index contributed by atoms with van der Waals surface area (Å²) >= 11 is 1.36. The number of rotatable bonds is 2. The fourth-order valence-corrected chi connectivity index (χ4v) is 2.46. The summed E-state index contributed by atoms with van der Waals surface area (Å²) in [6.07, 6.45) is 3.51. The van der Waals surface area contributed by atoms with Gasteiger partial charge >= 0.3 is 0 Å². The lowest BCUT2D eigenvalue weighted by molar-refractivity contribution is 0.429. The molecule has 1 aromatic carbocycles. The summed E-state index contributed by atoms with van der Waals surface area (Å²) in [5.41, 5.74) is 6.84. The predicted octanol–water partition coefficient (Wildman–Crippen LogP) is 2.66. The van der Waals surface area contributed by atoms with Crippen LogP contribution in [-0.2, 0) is 0 Å². The highest BCUT2D eigenvalue weighted by molar-refractivity contribution is 7.99. The number of nitrogen functional groups attached to an aromatic ring is 1. The number of pyridine rings is 1. The molecule has 90 valence electrons. The molecule has 0 aliphatic rings. The molecule has 5 nitrogen and oxygen atoms in total. The molecular weight excluding hydrogens is 248 g/mol. The van der Waals surface area contributed by atoms with Gasteiger partial charge in [0.15, 0.2) is 0 Å². The van der Waals surface area contributed by atoms with Crippen molar-refractivity contribution < 1.29 is 4.42 Å². The Morgan fingerprint density at radius 2 is 2.11 bits per heavy atom. The summed E-state index contributed by atoms with van der Waals surface area (Å²) in [5, 5.41) is 10.2. The molecule has 0 saturated carbocycles. The maximum Gasteiger partial charge on any atom is 0.281 e. The fourth-order valence-electron chi connectivity index (χ4n) is 1.68. The van der Waals surface area contributed by atoms with Crippen LogP contribution >= 0.6 is 11.8 Å². The summed E-state index contributed by atoms with van der Waals surface area (Å²) in [7, 11) is 0. The SMILES string of the molecule is Cc1nnc(Sc2ccc3cnccc3c2N)o1. The Hall–Kier alpha value is -2.08. The van der Waals surface area contributed by atoms with Gasteiger partial charge in [0.05, 0.1) is 5.69 Å². The number of anilines is 1. The van der Waals surface area contributed by atoms with Crippen molar-refractivity contribution in [3.63, 3.8) is 0 Å². The maximum absolute atomic E-state index is 6.14. The van der Waals surface area contributed by atoms with Crippen molar-refractivity contribution >= 4 is 28.2 Å². The molecule has 0 unspecified atom stereocenters. The smallest absolute Gasteiger partial charge is 0.281 e. The first kappa shape index (κ1) is 11.0. The van der Waals surface area contributed by atoms with E-state index in [2.05, 4.69) is 15.2 Å². The van der Waals surface area contributed by atoms with Gasteiger partial charge in [-0.25, -0.2) is 0 Å². The van der Waals surface area contributed by atoms with Crippen LogP contribution in [0.4, 0.5) is 5.69 Å².